The summed E-state index contributed by atoms with van der Waals surface area (Å²) < 4.78 is 0.972. The summed E-state index contributed by atoms with van der Waals surface area (Å²) in [5.74, 6) is 0.0236. The predicted molar refractivity (Wildman–Crippen MR) is 88.7 cm³/mol. The molecular weight excluding hydrogens is 298 g/mol. The maximum atomic E-state index is 12.6. The maximum Gasteiger partial charge on any atom is 0.257 e. The Kier molecular flexibility index (Phi) is 3.20. The fourth-order valence-corrected chi connectivity index (χ4v) is 3.85. The number of nitrogens with one attached hydrogen (secondary N) is 2. The first-order valence-corrected chi connectivity index (χ1v) is 8.15. The van der Waals surface area contributed by atoms with Crippen molar-refractivity contribution in [1.29, 1.82) is 0 Å². The van der Waals surface area contributed by atoms with Crippen LogP contribution < -0.4 is 10.9 Å². The Hall–Kier alpha value is -2.18. The van der Waals surface area contributed by atoms with Crippen LogP contribution >= 0.6 is 11.3 Å². The van der Waals surface area contributed by atoms with Crippen molar-refractivity contribution in [2.75, 3.05) is 26.2 Å². The Balaban J connectivity index is 1.81. The Morgan fingerprint density at radius 2 is 1.95 bits per heavy atom. The van der Waals surface area contributed by atoms with Crippen LogP contribution in [0.3, 0.4) is 0 Å². The van der Waals surface area contributed by atoms with Crippen molar-refractivity contribution in [2.24, 2.45) is 0 Å². The third-order valence-corrected chi connectivity index (χ3v) is 5.02. The van der Waals surface area contributed by atoms with Gasteiger partial charge in [0.1, 0.15) is 0 Å². The monoisotopic (exact) mass is 313 g/mol. The quantitative estimate of drug-likeness (QED) is 0.720. The molecule has 1 saturated heterocycles. The smallest absolute Gasteiger partial charge is 0.257 e. The van der Waals surface area contributed by atoms with Gasteiger partial charge >= 0.3 is 0 Å². The van der Waals surface area contributed by atoms with Gasteiger partial charge in [0.05, 0.1) is 10.9 Å². The molecule has 1 aliphatic heterocycles. The molecule has 1 aliphatic rings. The van der Waals surface area contributed by atoms with Crippen LogP contribution in [0, 0.1) is 0 Å². The molecule has 3 aromatic rings. The predicted octanol–water partition coefficient (Wildman–Crippen LogP) is 1.79. The molecule has 0 saturated carbocycles. The van der Waals surface area contributed by atoms with E-state index in [1.807, 2.05) is 28.5 Å². The number of aromatic amines is 1. The fourth-order valence-electron chi connectivity index (χ4n) is 2.92. The normalized spacial score (nSPS) is 15.5. The van der Waals surface area contributed by atoms with Gasteiger partial charge in [-0.15, -0.1) is 11.3 Å². The largest absolute Gasteiger partial charge is 0.336 e. The number of carbonyl (C=O) groups is 1. The second-order valence-corrected chi connectivity index (χ2v) is 6.34. The molecule has 3 heterocycles. The van der Waals surface area contributed by atoms with Crippen LogP contribution in [0.2, 0.25) is 0 Å². The minimum Gasteiger partial charge on any atom is -0.336 e. The summed E-state index contributed by atoms with van der Waals surface area (Å²) in [7, 11) is 0. The molecule has 1 fully saturated rings. The van der Waals surface area contributed by atoms with E-state index in [4.69, 9.17) is 0 Å². The van der Waals surface area contributed by atoms with Gasteiger partial charge in [0, 0.05) is 41.8 Å². The van der Waals surface area contributed by atoms with E-state index in [0.29, 0.717) is 10.9 Å². The molecule has 0 bridgehead atoms. The second-order valence-electron chi connectivity index (χ2n) is 5.42. The van der Waals surface area contributed by atoms with Crippen molar-refractivity contribution in [3.05, 3.63) is 45.6 Å². The van der Waals surface area contributed by atoms with E-state index in [1.165, 1.54) is 0 Å². The van der Waals surface area contributed by atoms with Gasteiger partial charge in [-0.05, 0) is 23.6 Å². The third-order valence-electron chi connectivity index (χ3n) is 4.07. The highest BCUT2D eigenvalue weighted by atomic mass is 32.1. The van der Waals surface area contributed by atoms with Gasteiger partial charge in [0.2, 0.25) is 0 Å². The Bertz CT molecular complexity index is 922. The lowest BCUT2D eigenvalue weighted by Gasteiger charge is -2.27. The molecule has 2 N–H and O–H groups in total. The molecule has 0 unspecified atom stereocenters. The average Bonchev–Trinajstić information content (AvgIpc) is 3.05. The average molecular weight is 313 g/mol. The number of thiophene rings is 1. The molecule has 1 aromatic carbocycles. The van der Waals surface area contributed by atoms with E-state index in [0.717, 1.165) is 41.8 Å². The second kappa shape index (κ2) is 5.23. The molecule has 0 spiro atoms. The Morgan fingerprint density at radius 1 is 1.14 bits per heavy atom. The molecule has 0 aliphatic carbocycles. The van der Waals surface area contributed by atoms with Crippen LogP contribution in [0.4, 0.5) is 0 Å². The minimum atomic E-state index is -0.101. The Morgan fingerprint density at radius 3 is 2.77 bits per heavy atom. The lowest BCUT2D eigenvalue weighted by molar-refractivity contribution is 0.0736. The first-order valence-electron chi connectivity index (χ1n) is 7.27. The molecule has 2 aromatic heterocycles. The number of fused-ring (bicyclic) bond motifs is 3. The van der Waals surface area contributed by atoms with Crippen LogP contribution in [0.5, 0.6) is 0 Å². The van der Waals surface area contributed by atoms with Gasteiger partial charge in [-0.3, -0.25) is 9.59 Å². The maximum absolute atomic E-state index is 12.6. The van der Waals surface area contributed by atoms with Crippen LogP contribution in [0.25, 0.3) is 21.0 Å². The summed E-state index contributed by atoms with van der Waals surface area (Å²) in [5.41, 5.74) is 1.25. The number of rotatable bonds is 1. The highest BCUT2D eigenvalue weighted by Crippen LogP contribution is 2.26. The summed E-state index contributed by atoms with van der Waals surface area (Å²) in [5, 5.41) is 6.85. The molecule has 4 rings (SSSR count). The first-order chi connectivity index (χ1) is 10.7. The van der Waals surface area contributed by atoms with Crippen molar-refractivity contribution >= 4 is 38.2 Å². The minimum absolute atomic E-state index is 0.0236. The van der Waals surface area contributed by atoms with Gasteiger partial charge in [-0.2, -0.15) is 0 Å². The van der Waals surface area contributed by atoms with Crippen LogP contribution in [0.15, 0.2) is 34.4 Å². The number of H-pyrrole nitrogens is 1. The van der Waals surface area contributed by atoms with Crippen molar-refractivity contribution < 1.29 is 4.79 Å². The topological polar surface area (TPSA) is 65.2 Å². The van der Waals surface area contributed by atoms with E-state index in [-0.39, 0.29) is 11.5 Å². The number of hydrogen-bond donors (Lipinski definition) is 2. The highest BCUT2D eigenvalue weighted by molar-refractivity contribution is 7.18. The number of aromatic nitrogens is 1. The van der Waals surface area contributed by atoms with Crippen LogP contribution in [0.1, 0.15) is 10.4 Å². The number of hydrogen-bond acceptors (Lipinski definition) is 4. The van der Waals surface area contributed by atoms with E-state index in [2.05, 4.69) is 10.3 Å². The lowest BCUT2D eigenvalue weighted by atomic mass is 10.1. The van der Waals surface area contributed by atoms with Crippen molar-refractivity contribution in [3.63, 3.8) is 0 Å². The molecule has 5 nitrogen and oxygen atoms in total. The number of pyridine rings is 1. The molecule has 0 atom stereocenters. The molecule has 0 radical (unpaired) electrons. The lowest BCUT2D eigenvalue weighted by Crippen LogP contribution is -2.46. The van der Waals surface area contributed by atoms with Gasteiger partial charge < -0.3 is 15.2 Å². The summed E-state index contributed by atoms with van der Waals surface area (Å²) in [6, 6.07) is 7.40. The number of amides is 1. The van der Waals surface area contributed by atoms with Crippen molar-refractivity contribution in [1.82, 2.24) is 15.2 Å². The van der Waals surface area contributed by atoms with E-state index in [9.17, 15) is 9.59 Å². The zero-order valence-corrected chi connectivity index (χ0v) is 12.7. The first kappa shape index (κ1) is 13.5. The fraction of sp³-hybridized carbons (Fsp3) is 0.250. The molecule has 22 heavy (non-hydrogen) atoms. The van der Waals surface area contributed by atoms with E-state index in [1.54, 1.807) is 17.4 Å². The number of piperazine rings is 1. The van der Waals surface area contributed by atoms with Gasteiger partial charge in [0.25, 0.3) is 11.5 Å². The van der Waals surface area contributed by atoms with Crippen molar-refractivity contribution in [2.45, 2.75) is 0 Å². The van der Waals surface area contributed by atoms with Crippen LogP contribution in [-0.4, -0.2) is 42.0 Å². The van der Waals surface area contributed by atoms with E-state index >= 15 is 0 Å². The highest BCUT2D eigenvalue weighted by Gasteiger charge is 2.18. The van der Waals surface area contributed by atoms with Gasteiger partial charge in [0.15, 0.2) is 0 Å². The van der Waals surface area contributed by atoms with Crippen molar-refractivity contribution in [3.8, 4) is 0 Å². The summed E-state index contributed by atoms with van der Waals surface area (Å²) in [4.78, 5) is 29.4. The number of benzene rings is 1. The third kappa shape index (κ3) is 2.12. The molecule has 112 valence electrons. The zero-order valence-electron chi connectivity index (χ0n) is 11.9. The zero-order chi connectivity index (χ0) is 15.1. The summed E-state index contributed by atoms with van der Waals surface area (Å²) in [6.07, 6.45) is 0. The SMILES string of the molecule is O=C(c1ccc2c(c1)[nH]c(=O)c1ccsc12)N1CCNCC1. The number of nitrogens with zero attached hydrogens (tertiary/aromatic N) is 1. The summed E-state index contributed by atoms with van der Waals surface area (Å²) in [6.45, 7) is 3.09. The molecule has 6 heteroatoms. The Labute approximate surface area is 130 Å². The number of carbonyl (C=O) groups excluding carboxylic acids is 1. The van der Waals surface area contributed by atoms with Gasteiger partial charge in [-0.1, -0.05) is 6.07 Å². The van der Waals surface area contributed by atoms with E-state index < -0.39 is 0 Å². The molecule has 1 amide bonds. The summed E-state index contributed by atoms with van der Waals surface area (Å²) >= 11 is 1.55. The standard InChI is InChI=1S/C16H15N3O2S/c20-15-12-3-8-22-14(12)11-2-1-10(9-13(11)18-15)16(21)19-6-4-17-5-7-19/h1-3,8-9,17H,4-7H2,(H,18,20). The van der Waals surface area contributed by atoms with Crippen LogP contribution in [-0.2, 0) is 0 Å². The molecular formula is C16H15N3O2S. The van der Waals surface area contributed by atoms with Gasteiger partial charge in [-0.25, -0.2) is 0 Å².